The normalized spacial score (nSPS) is 21.5. The van der Waals surface area contributed by atoms with Crippen LogP contribution in [0.25, 0.3) is 0 Å². The van der Waals surface area contributed by atoms with Crippen molar-refractivity contribution in [3.63, 3.8) is 0 Å². The van der Waals surface area contributed by atoms with Gasteiger partial charge in [0.15, 0.2) is 5.78 Å². The Morgan fingerprint density at radius 3 is 2.13 bits per heavy atom. The SMILES string of the molecule is CNC(CC(C)C)C(=N)N(C)C(=O)N(C)C1(CC(C)C)CC1=O. The Morgan fingerprint density at radius 2 is 1.78 bits per heavy atom. The lowest BCUT2D eigenvalue weighted by molar-refractivity contribution is -0.113. The van der Waals surface area contributed by atoms with Crippen molar-refractivity contribution in [2.45, 2.75) is 58.5 Å². The smallest absolute Gasteiger partial charge is 0.314 e. The molecule has 1 fully saturated rings. The molecule has 1 aliphatic rings. The van der Waals surface area contributed by atoms with Crippen LogP contribution in [0.5, 0.6) is 0 Å². The van der Waals surface area contributed by atoms with E-state index in [-0.39, 0.29) is 23.7 Å². The molecule has 2 amide bonds. The highest BCUT2D eigenvalue weighted by molar-refractivity contribution is 6.09. The van der Waals surface area contributed by atoms with Crippen molar-refractivity contribution >= 4 is 17.6 Å². The van der Waals surface area contributed by atoms with Crippen LogP contribution in [0.15, 0.2) is 0 Å². The number of amidine groups is 1. The first-order chi connectivity index (χ1) is 10.6. The summed E-state index contributed by atoms with van der Waals surface area (Å²) in [6.07, 6.45) is 1.89. The molecule has 1 aliphatic carbocycles. The summed E-state index contributed by atoms with van der Waals surface area (Å²) < 4.78 is 0. The van der Waals surface area contributed by atoms with Gasteiger partial charge in [0, 0.05) is 20.5 Å². The fourth-order valence-electron chi connectivity index (χ4n) is 3.11. The van der Waals surface area contributed by atoms with Crippen molar-refractivity contribution in [3.8, 4) is 0 Å². The molecular weight excluding hydrogens is 292 g/mol. The average Bonchev–Trinajstić information content (AvgIpc) is 3.11. The summed E-state index contributed by atoms with van der Waals surface area (Å²) in [5, 5.41) is 11.4. The van der Waals surface area contributed by atoms with Gasteiger partial charge in [-0.1, -0.05) is 27.7 Å². The van der Waals surface area contributed by atoms with Gasteiger partial charge in [-0.3, -0.25) is 15.1 Å². The molecule has 0 aliphatic heterocycles. The van der Waals surface area contributed by atoms with Gasteiger partial charge < -0.3 is 10.2 Å². The number of Topliss-reactive ketones (excluding diaryl/α,β-unsaturated/α-hetero) is 1. The van der Waals surface area contributed by atoms with E-state index in [1.807, 2.05) is 0 Å². The summed E-state index contributed by atoms with van der Waals surface area (Å²) in [6, 6.07) is -0.459. The third kappa shape index (κ3) is 4.31. The minimum Gasteiger partial charge on any atom is -0.314 e. The number of carbonyl (C=O) groups is 2. The molecule has 0 aromatic rings. The lowest BCUT2D eigenvalue weighted by Crippen LogP contribution is -2.53. The van der Waals surface area contributed by atoms with E-state index in [0.29, 0.717) is 24.7 Å². The average molecular weight is 324 g/mol. The summed E-state index contributed by atoms with van der Waals surface area (Å²) in [7, 11) is 5.09. The minimum atomic E-state index is -0.660. The fourth-order valence-corrected chi connectivity index (χ4v) is 3.11. The topological polar surface area (TPSA) is 76.5 Å². The molecule has 2 unspecified atom stereocenters. The highest BCUT2D eigenvalue weighted by Crippen LogP contribution is 2.42. The molecule has 0 aromatic carbocycles. The number of hydrogen-bond donors (Lipinski definition) is 2. The number of nitrogens with one attached hydrogen (secondary N) is 2. The summed E-state index contributed by atoms with van der Waals surface area (Å²) in [5.41, 5.74) is -0.660. The Hall–Kier alpha value is -1.43. The van der Waals surface area contributed by atoms with Gasteiger partial charge in [0.2, 0.25) is 0 Å². The third-order valence-corrected chi connectivity index (χ3v) is 4.56. The van der Waals surface area contributed by atoms with E-state index in [2.05, 4.69) is 33.0 Å². The van der Waals surface area contributed by atoms with E-state index < -0.39 is 5.54 Å². The first kappa shape index (κ1) is 19.6. The summed E-state index contributed by atoms with van der Waals surface area (Å²) in [4.78, 5) is 27.6. The predicted octanol–water partition coefficient (Wildman–Crippen LogP) is 2.34. The van der Waals surface area contributed by atoms with Crippen LogP contribution in [-0.2, 0) is 4.79 Å². The van der Waals surface area contributed by atoms with E-state index in [0.717, 1.165) is 6.42 Å². The summed E-state index contributed by atoms with van der Waals surface area (Å²) >= 11 is 0. The number of nitrogens with zero attached hydrogens (tertiary/aromatic N) is 2. The molecule has 0 aromatic heterocycles. The molecule has 6 heteroatoms. The maximum atomic E-state index is 12.7. The molecular formula is C17H32N4O2. The van der Waals surface area contributed by atoms with Crippen molar-refractivity contribution in [2.24, 2.45) is 11.8 Å². The van der Waals surface area contributed by atoms with Gasteiger partial charge in [0.25, 0.3) is 0 Å². The van der Waals surface area contributed by atoms with E-state index in [1.165, 1.54) is 9.80 Å². The quantitative estimate of drug-likeness (QED) is 0.557. The highest BCUT2D eigenvalue weighted by atomic mass is 16.2. The lowest BCUT2D eigenvalue weighted by Gasteiger charge is -2.33. The summed E-state index contributed by atoms with van der Waals surface area (Å²) in [5.74, 6) is 1.12. The number of amides is 2. The number of urea groups is 1. The van der Waals surface area contributed by atoms with Crippen molar-refractivity contribution in [1.82, 2.24) is 15.1 Å². The zero-order valence-electron chi connectivity index (χ0n) is 15.6. The van der Waals surface area contributed by atoms with Crippen LogP contribution in [0.4, 0.5) is 4.79 Å². The van der Waals surface area contributed by atoms with Crippen molar-refractivity contribution in [1.29, 1.82) is 5.41 Å². The van der Waals surface area contributed by atoms with Crippen LogP contribution in [-0.4, -0.2) is 60.2 Å². The molecule has 1 rings (SSSR count). The first-order valence-corrected chi connectivity index (χ1v) is 8.37. The largest absolute Gasteiger partial charge is 0.325 e. The number of ketones is 1. The molecule has 0 bridgehead atoms. The van der Waals surface area contributed by atoms with E-state index >= 15 is 0 Å². The Kier molecular flexibility index (Phi) is 6.33. The van der Waals surface area contributed by atoms with Crippen LogP contribution in [0, 0.1) is 17.2 Å². The van der Waals surface area contributed by atoms with Gasteiger partial charge in [-0.05, 0) is 31.7 Å². The Balaban J connectivity index is 2.82. The second-order valence-electron chi connectivity index (χ2n) is 7.49. The van der Waals surface area contributed by atoms with E-state index in [4.69, 9.17) is 5.41 Å². The number of likely N-dealkylation sites (N-methyl/N-ethyl adjacent to an activating group) is 3. The highest BCUT2D eigenvalue weighted by Gasteiger charge is 2.58. The number of hydrogen-bond acceptors (Lipinski definition) is 4. The fraction of sp³-hybridized carbons (Fsp3) is 0.824. The Bertz CT molecular complexity index is 475. The van der Waals surface area contributed by atoms with Gasteiger partial charge in [0.05, 0.1) is 6.04 Å². The standard InChI is InChI=1S/C17H32N4O2/c1-11(2)8-13(19-5)15(18)20(6)16(23)21(7)17(9-12(3)4)10-14(17)22/h11-13,18-19H,8-10H2,1-7H3. The molecule has 6 nitrogen and oxygen atoms in total. The molecule has 2 atom stereocenters. The zero-order valence-corrected chi connectivity index (χ0v) is 15.6. The van der Waals surface area contributed by atoms with Gasteiger partial charge in [-0.2, -0.15) is 0 Å². The molecule has 1 saturated carbocycles. The van der Waals surface area contributed by atoms with Gasteiger partial charge in [-0.25, -0.2) is 4.79 Å². The van der Waals surface area contributed by atoms with Crippen LogP contribution in [0.2, 0.25) is 0 Å². The molecule has 2 N–H and O–H groups in total. The van der Waals surface area contributed by atoms with Crippen LogP contribution < -0.4 is 5.32 Å². The third-order valence-electron chi connectivity index (χ3n) is 4.56. The Labute approximate surface area is 140 Å². The van der Waals surface area contributed by atoms with Crippen LogP contribution >= 0.6 is 0 Å². The molecule has 23 heavy (non-hydrogen) atoms. The van der Waals surface area contributed by atoms with E-state index in [9.17, 15) is 9.59 Å². The summed E-state index contributed by atoms with van der Waals surface area (Å²) in [6.45, 7) is 8.28. The molecule has 0 heterocycles. The predicted molar refractivity (Wildman–Crippen MR) is 92.8 cm³/mol. The van der Waals surface area contributed by atoms with Crippen molar-refractivity contribution in [3.05, 3.63) is 0 Å². The van der Waals surface area contributed by atoms with Crippen LogP contribution in [0.3, 0.4) is 0 Å². The second kappa shape index (κ2) is 7.43. The first-order valence-electron chi connectivity index (χ1n) is 8.37. The monoisotopic (exact) mass is 324 g/mol. The molecule has 0 radical (unpaired) electrons. The second-order valence-corrected chi connectivity index (χ2v) is 7.49. The molecule has 0 saturated heterocycles. The van der Waals surface area contributed by atoms with Crippen molar-refractivity contribution < 1.29 is 9.59 Å². The zero-order chi connectivity index (χ0) is 17.9. The van der Waals surface area contributed by atoms with Gasteiger partial charge in [-0.15, -0.1) is 0 Å². The maximum Gasteiger partial charge on any atom is 0.325 e. The van der Waals surface area contributed by atoms with Gasteiger partial charge in [0.1, 0.15) is 11.4 Å². The molecule has 132 valence electrons. The van der Waals surface area contributed by atoms with E-state index in [1.54, 1.807) is 21.1 Å². The number of rotatable bonds is 7. The van der Waals surface area contributed by atoms with Crippen molar-refractivity contribution in [2.75, 3.05) is 21.1 Å². The maximum absolute atomic E-state index is 12.7. The lowest BCUT2D eigenvalue weighted by atomic mass is 10.0. The van der Waals surface area contributed by atoms with Crippen LogP contribution in [0.1, 0.15) is 47.0 Å². The molecule has 0 spiro atoms. The van der Waals surface area contributed by atoms with Gasteiger partial charge >= 0.3 is 6.03 Å². The Morgan fingerprint density at radius 1 is 1.26 bits per heavy atom. The number of carbonyl (C=O) groups excluding carboxylic acids is 2. The minimum absolute atomic E-state index is 0.120.